The van der Waals surface area contributed by atoms with Gasteiger partial charge in [-0.15, -0.1) is 0 Å². The number of hydrogen-bond acceptors (Lipinski definition) is 6. The van der Waals surface area contributed by atoms with Gasteiger partial charge in [0.1, 0.15) is 5.57 Å². The van der Waals surface area contributed by atoms with Gasteiger partial charge in [-0.05, 0) is 71.0 Å². The lowest BCUT2D eigenvalue weighted by Gasteiger charge is -2.44. The number of imide groups is 2. The topological polar surface area (TPSA) is 88.2 Å². The van der Waals surface area contributed by atoms with Crippen molar-refractivity contribution in [3.05, 3.63) is 124 Å². The SMILES string of the molecule is COc1ccc(/C=C2\C(=O)NC(=O)N(c3cc4c5c(c3)[C@H](c3ccccc3)CCN5CC[C@@H]4c3ccccc3)C2=O)cc1OC. The molecule has 45 heavy (non-hydrogen) atoms. The van der Waals surface area contributed by atoms with E-state index in [9.17, 15) is 14.4 Å². The van der Waals surface area contributed by atoms with Gasteiger partial charge in [-0.2, -0.15) is 0 Å². The fourth-order valence-corrected chi connectivity index (χ4v) is 6.97. The van der Waals surface area contributed by atoms with Gasteiger partial charge < -0.3 is 14.4 Å². The maximum Gasteiger partial charge on any atom is 0.335 e. The Kier molecular flexibility index (Phi) is 7.33. The highest BCUT2D eigenvalue weighted by Crippen LogP contribution is 2.50. The van der Waals surface area contributed by atoms with Crippen LogP contribution in [0.3, 0.4) is 0 Å². The molecule has 0 spiro atoms. The van der Waals surface area contributed by atoms with Crippen LogP contribution in [-0.2, 0) is 9.59 Å². The van der Waals surface area contributed by atoms with Gasteiger partial charge >= 0.3 is 6.03 Å². The summed E-state index contributed by atoms with van der Waals surface area (Å²) in [5.41, 5.74) is 6.60. The highest BCUT2D eigenvalue weighted by atomic mass is 16.5. The van der Waals surface area contributed by atoms with Gasteiger partial charge in [0.15, 0.2) is 11.5 Å². The van der Waals surface area contributed by atoms with E-state index in [1.54, 1.807) is 18.2 Å². The third kappa shape index (κ3) is 5.02. The van der Waals surface area contributed by atoms with E-state index in [2.05, 4.69) is 34.5 Å². The number of rotatable bonds is 6. The Morgan fingerprint density at radius 3 is 1.87 bits per heavy atom. The molecule has 3 aliphatic heterocycles. The molecule has 226 valence electrons. The van der Waals surface area contributed by atoms with E-state index < -0.39 is 17.8 Å². The van der Waals surface area contributed by atoms with Gasteiger partial charge in [0.2, 0.25) is 0 Å². The average molecular weight is 600 g/mol. The molecule has 4 aromatic carbocycles. The molecule has 4 amide bonds. The first kappa shape index (κ1) is 28.4. The molecule has 3 heterocycles. The Morgan fingerprint density at radius 2 is 1.31 bits per heavy atom. The van der Waals surface area contributed by atoms with E-state index in [0.717, 1.165) is 42.0 Å². The largest absolute Gasteiger partial charge is 0.493 e. The van der Waals surface area contributed by atoms with Crippen molar-refractivity contribution in [3.63, 3.8) is 0 Å². The number of anilines is 2. The van der Waals surface area contributed by atoms with E-state index in [4.69, 9.17) is 9.47 Å². The number of amides is 4. The van der Waals surface area contributed by atoms with Crippen LogP contribution in [0.5, 0.6) is 11.5 Å². The van der Waals surface area contributed by atoms with Crippen LogP contribution in [0.25, 0.3) is 6.08 Å². The summed E-state index contributed by atoms with van der Waals surface area (Å²) in [4.78, 5) is 44.1. The highest BCUT2D eigenvalue weighted by Gasteiger charge is 2.40. The number of hydrogen-bond donors (Lipinski definition) is 1. The zero-order chi connectivity index (χ0) is 31.1. The lowest BCUT2D eigenvalue weighted by atomic mass is 9.76. The Bertz CT molecular complexity index is 1760. The van der Waals surface area contributed by atoms with Crippen LogP contribution in [0, 0.1) is 0 Å². The van der Waals surface area contributed by atoms with Crippen molar-refractivity contribution in [3.8, 4) is 11.5 Å². The summed E-state index contributed by atoms with van der Waals surface area (Å²) in [6.45, 7) is 1.85. The van der Waals surface area contributed by atoms with Crippen LogP contribution in [0.2, 0.25) is 0 Å². The van der Waals surface area contributed by atoms with Gasteiger partial charge in [0.25, 0.3) is 11.8 Å². The Labute approximate surface area is 261 Å². The predicted octanol–water partition coefficient (Wildman–Crippen LogP) is 6.25. The maximum absolute atomic E-state index is 14.1. The Hall–Kier alpha value is -5.37. The Balaban J connectivity index is 1.37. The Morgan fingerprint density at radius 1 is 0.733 bits per heavy atom. The number of benzene rings is 4. The van der Waals surface area contributed by atoms with Crippen molar-refractivity contribution < 1.29 is 23.9 Å². The molecule has 0 aromatic heterocycles. The summed E-state index contributed by atoms with van der Waals surface area (Å²) in [6, 6.07) is 29.0. The first-order valence-electron chi connectivity index (χ1n) is 15.1. The second-order valence-corrected chi connectivity index (χ2v) is 11.5. The zero-order valence-corrected chi connectivity index (χ0v) is 25.2. The molecule has 0 saturated carbocycles. The number of ether oxygens (including phenoxy) is 2. The van der Waals surface area contributed by atoms with Gasteiger partial charge in [0.05, 0.1) is 19.9 Å². The summed E-state index contributed by atoms with van der Waals surface area (Å²) in [6.07, 6.45) is 3.31. The minimum atomic E-state index is -0.766. The molecule has 1 N–H and O–H groups in total. The van der Waals surface area contributed by atoms with E-state index in [-0.39, 0.29) is 17.4 Å². The second kappa shape index (κ2) is 11.6. The predicted molar refractivity (Wildman–Crippen MR) is 173 cm³/mol. The van der Waals surface area contributed by atoms with Crippen molar-refractivity contribution >= 4 is 35.3 Å². The van der Waals surface area contributed by atoms with Crippen LogP contribution in [-0.4, -0.2) is 45.2 Å². The van der Waals surface area contributed by atoms with E-state index in [0.29, 0.717) is 22.7 Å². The summed E-state index contributed by atoms with van der Waals surface area (Å²) >= 11 is 0. The first-order valence-corrected chi connectivity index (χ1v) is 15.1. The van der Waals surface area contributed by atoms with Crippen molar-refractivity contribution in [2.75, 3.05) is 37.1 Å². The standard InChI is InChI=1S/C37H33N3O5/c1-44-32-14-13-23(20-33(32)45-2)19-31-35(41)38-37(43)40(36(31)42)26-21-29-27(24-9-5-3-6-10-24)15-17-39-18-16-28(30(22-26)34(29)39)25-11-7-4-8-12-25/h3-14,19-22,27-28H,15-18H2,1-2H3,(H,38,41,43)/b31-19+/t27-,28+. The molecule has 1 saturated heterocycles. The van der Waals surface area contributed by atoms with Gasteiger partial charge in [0, 0.05) is 30.6 Å². The summed E-state index contributed by atoms with van der Waals surface area (Å²) in [5.74, 6) is -0.254. The molecule has 0 bridgehead atoms. The smallest absolute Gasteiger partial charge is 0.335 e. The quantitative estimate of drug-likeness (QED) is 0.208. The van der Waals surface area contributed by atoms with Gasteiger partial charge in [-0.3, -0.25) is 14.9 Å². The van der Waals surface area contributed by atoms with Crippen molar-refractivity contribution in [2.45, 2.75) is 24.7 Å². The van der Waals surface area contributed by atoms with Crippen LogP contribution in [0.4, 0.5) is 16.2 Å². The van der Waals surface area contributed by atoms with E-state index in [1.165, 1.54) is 37.1 Å². The number of carbonyl (C=O) groups is 3. The highest BCUT2D eigenvalue weighted by molar-refractivity contribution is 6.39. The third-order valence-corrected chi connectivity index (χ3v) is 9.08. The number of methoxy groups -OCH3 is 2. The molecule has 7 rings (SSSR count). The van der Waals surface area contributed by atoms with Crippen LogP contribution in [0.15, 0.2) is 96.6 Å². The summed E-state index contributed by atoms with van der Waals surface area (Å²) < 4.78 is 10.7. The van der Waals surface area contributed by atoms with Crippen molar-refractivity contribution in [1.29, 1.82) is 0 Å². The number of urea groups is 1. The van der Waals surface area contributed by atoms with E-state index in [1.807, 2.05) is 48.5 Å². The molecule has 8 heteroatoms. The molecular weight excluding hydrogens is 566 g/mol. The normalized spacial score (nSPS) is 20.1. The molecule has 1 fully saturated rings. The molecule has 3 aliphatic rings. The fourth-order valence-electron chi connectivity index (χ4n) is 6.97. The monoisotopic (exact) mass is 599 g/mol. The molecule has 0 radical (unpaired) electrons. The van der Waals surface area contributed by atoms with E-state index >= 15 is 0 Å². The molecule has 2 atom stereocenters. The second-order valence-electron chi connectivity index (χ2n) is 11.5. The lowest BCUT2D eigenvalue weighted by Crippen LogP contribution is -2.54. The molecule has 0 aliphatic carbocycles. The van der Waals surface area contributed by atoms with Gasteiger partial charge in [-0.1, -0.05) is 66.7 Å². The lowest BCUT2D eigenvalue weighted by molar-refractivity contribution is -0.122. The van der Waals surface area contributed by atoms with Crippen molar-refractivity contribution in [2.24, 2.45) is 0 Å². The number of carbonyl (C=O) groups excluding carboxylic acids is 3. The number of barbiturate groups is 1. The maximum atomic E-state index is 14.1. The van der Waals surface area contributed by atoms with Crippen LogP contribution in [0.1, 0.15) is 52.5 Å². The average Bonchev–Trinajstić information content (AvgIpc) is 3.07. The third-order valence-electron chi connectivity index (χ3n) is 9.08. The number of nitrogens with zero attached hydrogens (tertiary/aromatic N) is 2. The molecule has 8 nitrogen and oxygen atoms in total. The van der Waals surface area contributed by atoms with Crippen LogP contribution >= 0.6 is 0 Å². The van der Waals surface area contributed by atoms with Gasteiger partial charge in [-0.25, -0.2) is 9.69 Å². The van der Waals surface area contributed by atoms with Crippen LogP contribution < -0.4 is 24.6 Å². The molecule has 0 unspecified atom stereocenters. The number of nitrogens with one attached hydrogen (secondary N) is 1. The summed E-state index contributed by atoms with van der Waals surface area (Å²) in [5, 5.41) is 2.40. The zero-order valence-electron chi connectivity index (χ0n) is 25.2. The minimum absolute atomic E-state index is 0.0945. The molecule has 4 aromatic rings. The first-order chi connectivity index (χ1) is 22.0. The minimum Gasteiger partial charge on any atom is -0.493 e. The summed E-state index contributed by atoms with van der Waals surface area (Å²) in [7, 11) is 3.05. The molecular formula is C37H33N3O5. The van der Waals surface area contributed by atoms with Crippen molar-refractivity contribution in [1.82, 2.24) is 5.32 Å². The fraction of sp³-hybridized carbons (Fsp3) is 0.216.